The third-order valence-electron chi connectivity index (χ3n) is 3.00. The number of benzene rings is 2. The number of rotatable bonds is 6. The van der Waals surface area contributed by atoms with Gasteiger partial charge in [0.15, 0.2) is 5.11 Å². The lowest BCUT2D eigenvalue weighted by Gasteiger charge is -2.10. The highest BCUT2D eigenvalue weighted by Crippen LogP contribution is 2.18. The van der Waals surface area contributed by atoms with E-state index in [-0.39, 0.29) is 0 Å². The third-order valence-corrected chi connectivity index (χ3v) is 4.87. The van der Waals surface area contributed by atoms with Gasteiger partial charge in [-0.2, -0.15) is 0 Å². The molecule has 22 heavy (non-hydrogen) atoms. The van der Waals surface area contributed by atoms with Crippen LogP contribution in [0.4, 0.5) is 5.69 Å². The van der Waals surface area contributed by atoms with Crippen molar-refractivity contribution < 1.29 is 0 Å². The maximum atomic E-state index is 5.29. The topological polar surface area (TPSA) is 24.1 Å². The van der Waals surface area contributed by atoms with Crippen molar-refractivity contribution in [3.63, 3.8) is 0 Å². The summed E-state index contributed by atoms with van der Waals surface area (Å²) in [6.45, 7) is 2.99. The molecule has 0 aliphatic rings. The van der Waals surface area contributed by atoms with Crippen molar-refractivity contribution in [3.8, 4) is 0 Å². The van der Waals surface area contributed by atoms with Gasteiger partial charge in [-0.05, 0) is 67.7 Å². The van der Waals surface area contributed by atoms with Crippen LogP contribution in [0.2, 0.25) is 0 Å². The second-order valence-corrected chi connectivity index (χ2v) is 7.40. The van der Waals surface area contributed by atoms with Crippen LogP contribution in [0.5, 0.6) is 0 Å². The Hall–Kier alpha value is -1.04. The van der Waals surface area contributed by atoms with Crippen LogP contribution in [-0.4, -0.2) is 17.4 Å². The third kappa shape index (κ3) is 6.38. The standard InChI is InChI=1S/C17H19BrN2S2/c1-13-3-9-16(10-4-13)22-12-2-11-19-17(21)20-15-7-5-14(18)6-8-15/h3-10H,2,11-12H2,1H3,(H2,19,20,21). The molecule has 0 aromatic heterocycles. The predicted molar refractivity (Wildman–Crippen MR) is 105 cm³/mol. The van der Waals surface area contributed by atoms with Crippen molar-refractivity contribution in [2.45, 2.75) is 18.2 Å². The number of thiocarbonyl (C=S) groups is 1. The van der Waals surface area contributed by atoms with Gasteiger partial charge >= 0.3 is 0 Å². The molecule has 0 saturated heterocycles. The van der Waals surface area contributed by atoms with Gasteiger partial charge in [0.05, 0.1) is 0 Å². The van der Waals surface area contributed by atoms with Gasteiger partial charge in [-0.15, -0.1) is 11.8 Å². The highest BCUT2D eigenvalue weighted by Gasteiger charge is 1.98. The minimum atomic E-state index is 0.669. The van der Waals surface area contributed by atoms with E-state index in [1.165, 1.54) is 10.5 Å². The Bertz CT molecular complexity index is 597. The van der Waals surface area contributed by atoms with Gasteiger partial charge in [-0.1, -0.05) is 33.6 Å². The van der Waals surface area contributed by atoms with Gasteiger partial charge in [0.25, 0.3) is 0 Å². The van der Waals surface area contributed by atoms with E-state index in [0.717, 1.165) is 28.9 Å². The van der Waals surface area contributed by atoms with Crippen LogP contribution < -0.4 is 10.6 Å². The number of anilines is 1. The second-order valence-electron chi connectivity index (χ2n) is 4.90. The van der Waals surface area contributed by atoms with Crippen LogP contribution in [0, 0.1) is 6.92 Å². The maximum Gasteiger partial charge on any atom is 0.170 e. The zero-order chi connectivity index (χ0) is 15.8. The van der Waals surface area contributed by atoms with Gasteiger partial charge < -0.3 is 10.6 Å². The van der Waals surface area contributed by atoms with Gasteiger partial charge in [-0.25, -0.2) is 0 Å². The quantitative estimate of drug-likeness (QED) is 0.398. The van der Waals surface area contributed by atoms with Crippen molar-refractivity contribution >= 4 is 50.7 Å². The maximum absolute atomic E-state index is 5.29. The normalized spacial score (nSPS) is 10.3. The molecule has 5 heteroatoms. The van der Waals surface area contributed by atoms with Crippen molar-refractivity contribution in [2.24, 2.45) is 0 Å². The molecule has 0 bridgehead atoms. The number of halogens is 1. The van der Waals surface area contributed by atoms with Crippen LogP contribution in [0.3, 0.4) is 0 Å². The summed E-state index contributed by atoms with van der Waals surface area (Å²) in [5.74, 6) is 1.08. The van der Waals surface area contributed by atoms with E-state index >= 15 is 0 Å². The molecule has 116 valence electrons. The van der Waals surface area contributed by atoms with Crippen LogP contribution in [0.15, 0.2) is 57.9 Å². The molecule has 0 spiro atoms. The van der Waals surface area contributed by atoms with E-state index in [2.05, 4.69) is 57.8 Å². The first-order valence-electron chi connectivity index (χ1n) is 7.13. The summed E-state index contributed by atoms with van der Waals surface area (Å²) in [6, 6.07) is 16.6. The molecule has 2 aromatic rings. The summed E-state index contributed by atoms with van der Waals surface area (Å²) in [6.07, 6.45) is 1.07. The monoisotopic (exact) mass is 394 g/mol. The SMILES string of the molecule is Cc1ccc(SCCCNC(=S)Nc2ccc(Br)cc2)cc1. The smallest absolute Gasteiger partial charge is 0.170 e. The molecule has 0 heterocycles. The first-order chi connectivity index (χ1) is 10.6. The van der Waals surface area contributed by atoms with E-state index in [9.17, 15) is 0 Å². The fourth-order valence-electron chi connectivity index (χ4n) is 1.81. The van der Waals surface area contributed by atoms with E-state index in [0.29, 0.717) is 5.11 Å². The molecule has 0 amide bonds. The Morgan fingerprint density at radius 2 is 1.77 bits per heavy atom. The Balaban J connectivity index is 1.61. The average Bonchev–Trinajstić information content (AvgIpc) is 2.51. The van der Waals surface area contributed by atoms with Crippen LogP contribution in [0.25, 0.3) is 0 Å². The first-order valence-corrected chi connectivity index (χ1v) is 9.32. The molecular weight excluding hydrogens is 376 g/mol. The van der Waals surface area contributed by atoms with E-state index in [1.54, 1.807) is 0 Å². The lowest BCUT2D eigenvalue weighted by molar-refractivity contribution is 0.854. The summed E-state index contributed by atoms with van der Waals surface area (Å²) in [7, 11) is 0. The number of hydrogen-bond donors (Lipinski definition) is 2. The van der Waals surface area contributed by atoms with Gasteiger partial charge in [-0.3, -0.25) is 0 Å². The minimum Gasteiger partial charge on any atom is -0.362 e. The van der Waals surface area contributed by atoms with Crippen molar-refractivity contribution in [3.05, 3.63) is 58.6 Å². The Kier molecular flexibility index (Phi) is 7.22. The number of aryl methyl sites for hydroxylation is 1. The number of thioether (sulfide) groups is 1. The molecule has 2 aromatic carbocycles. The predicted octanol–water partition coefficient (Wildman–Crippen LogP) is 5.23. The summed E-state index contributed by atoms with van der Waals surface area (Å²) in [5, 5.41) is 7.08. The molecule has 0 aliphatic heterocycles. The highest BCUT2D eigenvalue weighted by atomic mass is 79.9. The van der Waals surface area contributed by atoms with Gasteiger partial charge in [0.1, 0.15) is 0 Å². The molecule has 2 rings (SSSR count). The van der Waals surface area contributed by atoms with E-state index in [1.807, 2.05) is 36.0 Å². The van der Waals surface area contributed by atoms with E-state index in [4.69, 9.17) is 12.2 Å². The Morgan fingerprint density at radius 1 is 1.09 bits per heavy atom. The second kappa shape index (κ2) is 9.18. The van der Waals surface area contributed by atoms with Crippen molar-refractivity contribution in [1.82, 2.24) is 5.32 Å². The zero-order valence-corrected chi connectivity index (χ0v) is 15.7. The summed E-state index contributed by atoms with van der Waals surface area (Å²) in [5.41, 5.74) is 2.30. The molecule has 0 radical (unpaired) electrons. The highest BCUT2D eigenvalue weighted by molar-refractivity contribution is 9.10. The summed E-state index contributed by atoms with van der Waals surface area (Å²) in [4.78, 5) is 1.32. The largest absolute Gasteiger partial charge is 0.362 e. The average molecular weight is 395 g/mol. The number of nitrogens with one attached hydrogen (secondary N) is 2. The molecule has 0 saturated carbocycles. The number of hydrogen-bond acceptors (Lipinski definition) is 2. The fourth-order valence-corrected chi connectivity index (χ4v) is 3.14. The van der Waals surface area contributed by atoms with Gasteiger partial charge in [0.2, 0.25) is 0 Å². The summed E-state index contributed by atoms with van der Waals surface area (Å²) >= 11 is 10.6. The van der Waals surface area contributed by atoms with Crippen molar-refractivity contribution in [1.29, 1.82) is 0 Å². The lowest BCUT2D eigenvalue weighted by Crippen LogP contribution is -2.29. The van der Waals surface area contributed by atoms with E-state index < -0.39 is 0 Å². The Morgan fingerprint density at radius 3 is 2.45 bits per heavy atom. The molecule has 0 atom stereocenters. The van der Waals surface area contributed by atoms with Gasteiger partial charge in [0, 0.05) is 21.6 Å². The molecule has 2 N–H and O–H groups in total. The molecular formula is C17H19BrN2S2. The minimum absolute atomic E-state index is 0.669. The van der Waals surface area contributed by atoms with Crippen molar-refractivity contribution in [2.75, 3.05) is 17.6 Å². The first kappa shape index (κ1) is 17.3. The Labute approximate surface area is 150 Å². The molecule has 0 aliphatic carbocycles. The van der Waals surface area contributed by atoms with Crippen LogP contribution >= 0.6 is 39.9 Å². The fraction of sp³-hybridized carbons (Fsp3) is 0.235. The molecule has 0 fully saturated rings. The zero-order valence-electron chi connectivity index (χ0n) is 12.4. The lowest BCUT2D eigenvalue weighted by atomic mass is 10.2. The molecule has 2 nitrogen and oxygen atoms in total. The summed E-state index contributed by atoms with van der Waals surface area (Å²) < 4.78 is 1.06. The van der Waals surface area contributed by atoms with Crippen LogP contribution in [-0.2, 0) is 0 Å². The molecule has 0 unspecified atom stereocenters. The van der Waals surface area contributed by atoms with Crippen LogP contribution in [0.1, 0.15) is 12.0 Å².